The molecule has 4 aromatic rings. The standard InChI is InChI=1S/C38H39F3N2O7/c39-38(40,41)27-9-7-10-28(25-27)43-35-16-6-5-15-33(35)36(44)49-24-23-48-22-21-47-20-19-46-18-8-17-42-37(45)50-26-34-31-13-3-1-11-29(31)30-12-2-4-14-32(30)34/h1-7,9-16,25,34,43H,8,17-24,26H2,(H,42,45). The fourth-order valence-electron chi connectivity index (χ4n) is 5.53. The summed E-state index contributed by atoms with van der Waals surface area (Å²) in [5.41, 5.74) is 4.59. The second kappa shape index (κ2) is 18.2. The van der Waals surface area contributed by atoms with Crippen LogP contribution in [0.15, 0.2) is 97.1 Å². The molecule has 9 nitrogen and oxygen atoms in total. The van der Waals surface area contributed by atoms with Crippen molar-refractivity contribution in [3.05, 3.63) is 119 Å². The number of hydrogen-bond donors (Lipinski definition) is 2. The number of carbonyl (C=O) groups excluding carboxylic acids is 2. The van der Waals surface area contributed by atoms with Crippen molar-refractivity contribution in [3.8, 4) is 11.1 Å². The van der Waals surface area contributed by atoms with Gasteiger partial charge in [-0.15, -0.1) is 0 Å². The van der Waals surface area contributed by atoms with E-state index in [1.54, 1.807) is 18.2 Å². The van der Waals surface area contributed by atoms with E-state index in [1.807, 2.05) is 24.3 Å². The third-order valence-corrected chi connectivity index (χ3v) is 7.90. The quantitative estimate of drug-likeness (QED) is 0.0813. The van der Waals surface area contributed by atoms with Crippen molar-refractivity contribution in [1.29, 1.82) is 0 Å². The molecule has 0 atom stereocenters. The Bertz CT molecular complexity index is 1670. The Labute approximate surface area is 288 Å². The Morgan fingerprint density at radius 3 is 1.94 bits per heavy atom. The van der Waals surface area contributed by atoms with Gasteiger partial charge in [-0.2, -0.15) is 13.2 Å². The first-order valence-corrected chi connectivity index (χ1v) is 16.3. The third kappa shape index (κ3) is 10.3. The number of para-hydroxylation sites is 1. The molecular weight excluding hydrogens is 653 g/mol. The van der Waals surface area contributed by atoms with E-state index in [1.165, 1.54) is 40.5 Å². The summed E-state index contributed by atoms with van der Waals surface area (Å²) in [7, 11) is 0. The van der Waals surface area contributed by atoms with Crippen molar-refractivity contribution in [2.75, 3.05) is 64.7 Å². The molecule has 0 saturated heterocycles. The topological polar surface area (TPSA) is 104 Å². The maximum absolute atomic E-state index is 13.1. The molecule has 0 aliphatic heterocycles. The average molecular weight is 693 g/mol. The number of halogens is 3. The van der Waals surface area contributed by atoms with Crippen LogP contribution in [-0.2, 0) is 29.9 Å². The summed E-state index contributed by atoms with van der Waals surface area (Å²) in [5, 5.41) is 5.62. The molecule has 5 rings (SSSR count). The smallest absolute Gasteiger partial charge is 0.416 e. The van der Waals surface area contributed by atoms with Crippen LogP contribution in [0, 0.1) is 0 Å². The Kier molecular flexibility index (Phi) is 13.2. The number of alkyl carbamates (subject to hydrolysis) is 1. The summed E-state index contributed by atoms with van der Waals surface area (Å²) >= 11 is 0. The SMILES string of the molecule is O=C(NCCCOCCOCCOCCOC(=O)c1ccccc1Nc1cccc(C(F)(F)F)c1)OCC1c2ccccc2-c2ccccc21. The number of hydrogen-bond acceptors (Lipinski definition) is 8. The van der Waals surface area contributed by atoms with Crippen LogP contribution in [0.2, 0.25) is 0 Å². The van der Waals surface area contributed by atoms with Crippen LogP contribution >= 0.6 is 0 Å². The second-order valence-electron chi connectivity index (χ2n) is 11.3. The van der Waals surface area contributed by atoms with Gasteiger partial charge in [0.25, 0.3) is 0 Å². The molecular formula is C38H39F3N2O7. The number of benzene rings is 4. The van der Waals surface area contributed by atoms with Gasteiger partial charge in [-0.3, -0.25) is 0 Å². The number of fused-ring (bicyclic) bond motifs is 3. The fourth-order valence-corrected chi connectivity index (χ4v) is 5.53. The van der Waals surface area contributed by atoms with E-state index < -0.39 is 23.8 Å². The summed E-state index contributed by atoms with van der Waals surface area (Å²) in [5.74, 6) is -0.618. The normalized spacial score (nSPS) is 12.2. The van der Waals surface area contributed by atoms with Crippen molar-refractivity contribution in [1.82, 2.24) is 5.32 Å². The Hall–Kier alpha value is -4.91. The Balaban J connectivity index is 0.861. The van der Waals surface area contributed by atoms with E-state index in [-0.39, 0.29) is 43.6 Å². The van der Waals surface area contributed by atoms with Gasteiger partial charge in [0.05, 0.1) is 49.8 Å². The Morgan fingerprint density at radius 1 is 0.660 bits per heavy atom. The van der Waals surface area contributed by atoms with E-state index in [0.29, 0.717) is 45.1 Å². The minimum absolute atomic E-state index is 0.0100. The van der Waals surface area contributed by atoms with E-state index in [9.17, 15) is 22.8 Å². The molecule has 4 aromatic carbocycles. The molecule has 0 spiro atoms. The van der Waals surface area contributed by atoms with Crippen LogP contribution in [0.4, 0.5) is 29.3 Å². The van der Waals surface area contributed by atoms with Gasteiger partial charge in [0, 0.05) is 24.8 Å². The van der Waals surface area contributed by atoms with Crippen molar-refractivity contribution < 1.29 is 46.4 Å². The molecule has 2 N–H and O–H groups in total. The van der Waals surface area contributed by atoms with E-state index >= 15 is 0 Å². The molecule has 0 heterocycles. The van der Waals surface area contributed by atoms with Gasteiger partial charge in [-0.05, 0) is 59.0 Å². The molecule has 0 saturated carbocycles. The van der Waals surface area contributed by atoms with Gasteiger partial charge in [-0.25, -0.2) is 9.59 Å². The summed E-state index contributed by atoms with van der Waals surface area (Å²) in [6.07, 6.45) is -4.32. The highest BCUT2D eigenvalue weighted by Crippen LogP contribution is 2.44. The fraction of sp³-hybridized carbons (Fsp3) is 0.316. The first-order valence-electron chi connectivity index (χ1n) is 16.3. The number of esters is 1. The highest BCUT2D eigenvalue weighted by molar-refractivity contribution is 5.96. The molecule has 0 aromatic heterocycles. The predicted molar refractivity (Wildman–Crippen MR) is 182 cm³/mol. The number of nitrogens with one attached hydrogen (secondary N) is 2. The summed E-state index contributed by atoms with van der Waals surface area (Å²) in [4.78, 5) is 24.9. The van der Waals surface area contributed by atoms with Gasteiger partial charge in [0.2, 0.25) is 0 Å². The van der Waals surface area contributed by atoms with E-state index in [4.69, 9.17) is 23.7 Å². The molecule has 1 amide bonds. The lowest BCUT2D eigenvalue weighted by atomic mass is 9.98. The van der Waals surface area contributed by atoms with E-state index in [0.717, 1.165) is 12.1 Å². The lowest BCUT2D eigenvalue weighted by molar-refractivity contribution is -0.137. The number of ether oxygens (including phenoxy) is 5. The van der Waals surface area contributed by atoms with Crippen molar-refractivity contribution in [2.45, 2.75) is 18.5 Å². The van der Waals surface area contributed by atoms with Gasteiger partial charge in [0.1, 0.15) is 13.2 Å². The number of alkyl halides is 3. The van der Waals surface area contributed by atoms with Crippen LogP contribution in [0.5, 0.6) is 0 Å². The second-order valence-corrected chi connectivity index (χ2v) is 11.3. The van der Waals surface area contributed by atoms with Gasteiger partial charge < -0.3 is 34.3 Å². The molecule has 264 valence electrons. The van der Waals surface area contributed by atoms with Crippen molar-refractivity contribution >= 4 is 23.4 Å². The summed E-state index contributed by atoms with van der Waals surface area (Å²) in [6, 6.07) is 27.5. The highest BCUT2D eigenvalue weighted by atomic mass is 19.4. The maximum Gasteiger partial charge on any atom is 0.416 e. The minimum Gasteiger partial charge on any atom is -0.460 e. The molecule has 0 fully saturated rings. The molecule has 50 heavy (non-hydrogen) atoms. The molecule has 12 heteroatoms. The number of anilines is 2. The summed E-state index contributed by atoms with van der Waals surface area (Å²) in [6.45, 7) is 2.64. The maximum atomic E-state index is 13.1. The first-order chi connectivity index (χ1) is 24.3. The van der Waals surface area contributed by atoms with Crippen LogP contribution in [0.1, 0.15) is 39.4 Å². The number of rotatable bonds is 18. The molecule has 1 aliphatic rings. The van der Waals surface area contributed by atoms with Gasteiger partial charge in [0.15, 0.2) is 0 Å². The Morgan fingerprint density at radius 2 is 1.26 bits per heavy atom. The summed E-state index contributed by atoms with van der Waals surface area (Å²) < 4.78 is 66.4. The van der Waals surface area contributed by atoms with Crippen LogP contribution in [0.25, 0.3) is 11.1 Å². The molecule has 0 radical (unpaired) electrons. The van der Waals surface area contributed by atoms with Crippen LogP contribution in [0.3, 0.4) is 0 Å². The largest absolute Gasteiger partial charge is 0.460 e. The minimum atomic E-state index is -4.48. The van der Waals surface area contributed by atoms with Gasteiger partial charge in [-0.1, -0.05) is 66.7 Å². The van der Waals surface area contributed by atoms with Gasteiger partial charge >= 0.3 is 18.2 Å². The number of amides is 1. The van der Waals surface area contributed by atoms with Crippen LogP contribution in [-0.4, -0.2) is 71.5 Å². The average Bonchev–Trinajstić information content (AvgIpc) is 3.44. The third-order valence-electron chi connectivity index (χ3n) is 7.90. The lowest BCUT2D eigenvalue weighted by Crippen LogP contribution is -2.27. The zero-order valence-electron chi connectivity index (χ0n) is 27.4. The molecule has 0 bridgehead atoms. The van der Waals surface area contributed by atoms with Crippen molar-refractivity contribution in [3.63, 3.8) is 0 Å². The molecule has 0 unspecified atom stereocenters. The highest BCUT2D eigenvalue weighted by Gasteiger charge is 2.31. The zero-order valence-corrected chi connectivity index (χ0v) is 27.4. The number of carbonyl (C=O) groups is 2. The first kappa shape index (κ1) is 36.4. The lowest BCUT2D eigenvalue weighted by Gasteiger charge is -2.14. The van der Waals surface area contributed by atoms with E-state index in [2.05, 4.69) is 34.9 Å². The predicted octanol–water partition coefficient (Wildman–Crippen LogP) is 7.58. The zero-order chi connectivity index (χ0) is 35.2. The van der Waals surface area contributed by atoms with Crippen LogP contribution < -0.4 is 10.6 Å². The van der Waals surface area contributed by atoms with Crippen molar-refractivity contribution in [2.24, 2.45) is 0 Å². The monoisotopic (exact) mass is 692 g/mol. The molecule has 1 aliphatic carbocycles.